The third-order valence-electron chi connectivity index (χ3n) is 3.79. The topological polar surface area (TPSA) is 82.0 Å². The maximum absolute atomic E-state index is 13.9. The number of ether oxygens (including phenoxy) is 1. The van der Waals surface area contributed by atoms with E-state index in [4.69, 9.17) is 4.74 Å². The largest absolute Gasteiger partial charge is 0.546 e. The van der Waals surface area contributed by atoms with Crippen LogP contribution in [0.15, 0.2) is 58.4 Å². The molecule has 1 aliphatic rings. The van der Waals surface area contributed by atoms with E-state index in [-0.39, 0.29) is 11.6 Å². The smallest absolute Gasteiger partial charge is 0.266 e. The van der Waals surface area contributed by atoms with Crippen LogP contribution in [0.1, 0.15) is 12.5 Å². The molecule has 8 heteroatoms. The van der Waals surface area contributed by atoms with Crippen LogP contribution in [0.25, 0.3) is 6.08 Å². The predicted molar refractivity (Wildman–Crippen MR) is 103 cm³/mol. The molecule has 0 spiro atoms. The fraction of sp³-hybridized carbons (Fsp3) is 0.150. The minimum atomic E-state index is -1.32. The van der Waals surface area contributed by atoms with Gasteiger partial charge in [0.25, 0.3) is 5.91 Å². The average molecular weight is 399 g/mol. The summed E-state index contributed by atoms with van der Waals surface area (Å²) in [6.07, 6.45) is 1.66. The van der Waals surface area contributed by atoms with Gasteiger partial charge in [0.2, 0.25) is 0 Å². The summed E-state index contributed by atoms with van der Waals surface area (Å²) in [6, 6.07) is 12.8. The van der Waals surface area contributed by atoms with Crippen molar-refractivity contribution >= 4 is 40.6 Å². The molecule has 0 unspecified atom stereocenters. The maximum Gasteiger partial charge on any atom is 0.266 e. The van der Waals surface area contributed by atoms with Gasteiger partial charge in [0.1, 0.15) is 23.9 Å². The van der Waals surface area contributed by atoms with Crippen LogP contribution < -0.4 is 9.84 Å². The minimum Gasteiger partial charge on any atom is -0.546 e. The third kappa shape index (κ3) is 4.58. The highest BCUT2D eigenvalue weighted by molar-refractivity contribution is 8.18. The van der Waals surface area contributed by atoms with E-state index in [0.717, 1.165) is 11.8 Å². The molecule has 0 saturated carbocycles. The Bertz CT molecular complexity index is 974. The molecule has 1 saturated heterocycles. The molecular weight excluding hydrogens is 383 g/mol. The number of amidine groups is 1. The molecule has 0 atom stereocenters. The number of thioether (sulfide) groups is 1. The molecule has 1 heterocycles. The number of carboxylic acids is 1. The molecule has 2 aromatic carbocycles. The predicted octanol–water partition coefficient (Wildman–Crippen LogP) is 2.58. The monoisotopic (exact) mass is 399 g/mol. The molecule has 1 amide bonds. The lowest BCUT2D eigenvalue weighted by molar-refractivity contribution is -0.307. The van der Waals surface area contributed by atoms with Crippen LogP contribution in [0.4, 0.5) is 10.1 Å². The van der Waals surface area contributed by atoms with Gasteiger partial charge in [0, 0.05) is 6.54 Å². The number of aliphatic carboxylic acids is 1. The zero-order chi connectivity index (χ0) is 20.1. The number of benzene rings is 2. The zero-order valence-corrected chi connectivity index (χ0v) is 15.7. The zero-order valence-electron chi connectivity index (χ0n) is 14.9. The van der Waals surface area contributed by atoms with Gasteiger partial charge in [-0.05, 0) is 54.6 Å². The lowest BCUT2D eigenvalue weighted by Gasteiger charge is -2.12. The van der Waals surface area contributed by atoms with Gasteiger partial charge in [-0.25, -0.2) is 9.38 Å². The molecular formula is C20H16FN2O4S-. The first-order chi connectivity index (χ1) is 13.5. The number of aliphatic imine (C=N–C) groups is 1. The quantitative estimate of drug-likeness (QED) is 0.698. The lowest BCUT2D eigenvalue weighted by Crippen LogP contribution is -2.28. The summed E-state index contributed by atoms with van der Waals surface area (Å²) in [5.41, 5.74) is 0.824. The number of halogens is 1. The SMILES string of the molecule is CCN1C(=O)/C(=C\c2cccc(OCC(=O)[O-])c2)SC1=Nc1ccccc1F. The number of para-hydroxylation sites is 1. The van der Waals surface area contributed by atoms with Crippen molar-refractivity contribution in [2.75, 3.05) is 13.2 Å². The van der Waals surface area contributed by atoms with Crippen molar-refractivity contribution in [3.8, 4) is 5.75 Å². The summed E-state index contributed by atoms with van der Waals surface area (Å²) < 4.78 is 19.0. The molecule has 0 bridgehead atoms. The van der Waals surface area contributed by atoms with Gasteiger partial charge in [0.15, 0.2) is 5.17 Å². The summed E-state index contributed by atoms with van der Waals surface area (Å²) in [5, 5.41) is 10.9. The van der Waals surface area contributed by atoms with E-state index < -0.39 is 18.4 Å². The Morgan fingerprint density at radius 1 is 1.29 bits per heavy atom. The third-order valence-corrected chi connectivity index (χ3v) is 4.79. The van der Waals surface area contributed by atoms with Gasteiger partial charge >= 0.3 is 0 Å². The van der Waals surface area contributed by atoms with Gasteiger partial charge in [-0.15, -0.1) is 0 Å². The number of carbonyl (C=O) groups excluding carboxylic acids is 2. The number of likely N-dealkylation sites (N-methyl/N-ethyl adjacent to an activating group) is 1. The van der Waals surface area contributed by atoms with Crippen molar-refractivity contribution in [1.29, 1.82) is 0 Å². The molecule has 0 radical (unpaired) electrons. The van der Waals surface area contributed by atoms with Crippen molar-refractivity contribution in [2.24, 2.45) is 4.99 Å². The highest BCUT2D eigenvalue weighted by atomic mass is 32.2. The molecule has 1 fully saturated rings. The Morgan fingerprint density at radius 3 is 2.79 bits per heavy atom. The van der Waals surface area contributed by atoms with Crippen LogP contribution in [0, 0.1) is 5.82 Å². The van der Waals surface area contributed by atoms with Gasteiger partial charge in [-0.3, -0.25) is 9.69 Å². The fourth-order valence-corrected chi connectivity index (χ4v) is 3.56. The molecule has 0 N–H and O–H groups in total. The molecule has 28 heavy (non-hydrogen) atoms. The summed E-state index contributed by atoms with van der Waals surface area (Å²) in [7, 11) is 0. The van der Waals surface area contributed by atoms with Crippen LogP contribution >= 0.6 is 11.8 Å². The van der Waals surface area contributed by atoms with Gasteiger partial charge in [-0.2, -0.15) is 0 Å². The van der Waals surface area contributed by atoms with Crippen LogP contribution in [0.5, 0.6) is 5.75 Å². The second kappa shape index (κ2) is 8.71. The van der Waals surface area contributed by atoms with Crippen LogP contribution in [0.3, 0.4) is 0 Å². The first-order valence-corrected chi connectivity index (χ1v) is 9.27. The highest BCUT2D eigenvalue weighted by Gasteiger charge is 2.32. The van der Waals surface area contributed by atoms with Crippen LogP contribution in [0.2, 0.25) is 0 Å². The standard InChI is InChI=1S/C20H17FN2O4S/c1-2-23-19(26)17(28-20(23)22-16-9-4-3-8-15(16)21)11-13-6-5-7-14(10-13)27-12-18(24)25/h3-11H,2,12H2,1H3,(H,24,25)/p-1/b17-11+,22-20?. The van der Waals surface area contributed by atoms with Crippen molar-refractivity contribution in [2.45, 2.75) is 6.92 Å². The van der Waals surface area contributed by atoms with Crippen molar-refractivity contribution in [3.63, 3.8) is 0 Å². The first kappa shape index (κ1) is 19.6. The van der Waals surface area contributed by atoms with E-state index in [9.17, 15) is 19.1 Å². The van der Waals surface area contributed by atoms with E-state index in [0.29, 0.717) is 27.9 Å². The summed E-state index contributed by atoms with van der Waals surface area (Å²) in [5.74, 6) is -1.67. The van der Waals surface area contributed by atoms with Crippen molar-refractivity contribution < 1.29 is 23.8 Å². The number of nitrogens with zero attached hydrogens (tertiary/aromatic N) is 2. The molecule has 3 rings (SSSR count). The second-order valence-electron chi connectivity index (χ2n) is 5.74. The Kier molecular flexibility index (Phi) is 6.10. The molecule has 0 aliphatic carbocycles. The summed E-state index contributed by atoms with van der Waals surface area (Å²) in [6.45, 7) is 1.65. The van der Waals surface area contributed by atoms with Gasteiger partial charge < -0.3 is 14.6 Å². The van der Waals surface area contributed by atoms with Crippen LogP contribution in [-0.2, 0) is 9.59 Å². The molecule has 0 aromatic heterocycles. The van der Waals surface area contributed by atoms with E-state index in [1.54, 1.807) is 48.5 Å². The van der Waals surface area contributed by atoms with Crippen molar-refractivity contribution in [1.82, 2.24) is 4.90 Å². The summed E-state index contributed by atoms with van der Waals surface area (Å²) in [4.78, 5) is 29.4. The fourth-order valence-electron chi connectivity index (χ4n) is 2.50. The van der Waals surface area contributed by atoms with E-state index in [2.05, 4.69) is 4.99 Å². The van der Waals surface area contributed by atoms with E-state index in [1.165, 1.54) is 11.0 Å². The summed E-state index contributed by atoms with van der Waals surface area (Å²) >= 11 is 1.15. The minimum absolute atomic E-state index is 0.162. The lowest BCUT2D eigenvalue weighted by atomic mass is 10.2. The Hall–Kier alpha value is -3.13. The second-order valence-corrected chi connectivity index (χ2v) is 6.75. The number of hydrogen-bond donors (Lipinski definition) is 0. The Morgan fingerprint density at radius 2 is 2.07 bits per heavy atom. The van der Waals surface area contributed by atoms with Crippen molar-refractivity contribution in [3.05, 3.63) is 64.8 Å². The number of carboxylic acid groups (broad SMARTS) is 1. The normalized spacial score (nSPS) is 16.8. The average Bonchev–Trinajstić information content (AvgIpc) is 2.96. The number of amides is 1. The molecule has 6 nitrogen and oxygen atoms in total. The number of hydrogen-bond acceptors (Lipinski definition) is 6. The number of rotatable bonds is 6. The van der Waals surface area contributed by atoms with E-state index >= 15 is 0 Å². The molecule has 2 aromatic rings. The molecule has 1 aliphatic heterocycles. The Balaban J connectivity index is 1.87. The van der Waals surface area contributed by atoms with Gasteiger partial charge in [0.05, 0.1) is 10.9 Å². The first-order valence-electron chi connectivity index (χ1n) is 8.45. The van der Waals surface area contributed by atoms with E-state index in [1.807, 2.05) is 6.92 Å². The maximum atomic E-state index is 13.9. The number of carbonyl (C=O) groups is 2. The van der Waals surface area contributed by atoms with Gasteiger partial charge in [-0.1, -0.05) is 24.3 Å². The highest BCUT2D eigenvalue weighted by Crippen LogP contribution is 2.34. The van der Waals surface area contributed by atoms with Crippen LogP contribution in [-0.4, -0.2) is 35.1 Å². The molecule has 144 valence electrons. The Labute approximate surface area is 165 Å².